The molecule has 1 unspecified atom stereocenters. The predicted octanol–water partition coefficient (Wildman–Crippen LogP) is 0.882. The summed E-state index contributed by atoms with van der Waals surface area (Å²) in [4.78, 5) is 30.9. The second kappa shape index (κ2) is 5.35. The Labute approximate surface area is 113 Å². The van der Waals surface area contributed by atoms with Crippen LogP contribution in [0.15, 0.2) is 6.33 Å². The van der Waals surface area contributed by atoms with Gasteiger partial charge in [-0.2, -0.15) is 0 Å². The number of anilines is 1. The summed E-state index contributed by atoms with van der Waals surface area (Å²) in [6.07, 6.45) is 3.34. The summed E-state index contributed by atoms with van der Waals surface area (Å²) in [7, 11) is 0. The molecule has 0 spiro atoms. The van der Waals surface area contributed by atoms with Gasteiger partial charge in [0.25, 0.3) is 0 Å². The monoisotopic (exact) mass is 285 g/mol. The number of carbonyl (C=O) groups excluding carboxylic acids is 1. The Morgan fingerprint density at radius 1 is 1.53 bits per heavy atom. The first kappa shape index (κ1) is 13.5. The molecule has 2 N–H and O–H groups in total. The smallest absolute Gasteiger partial charge is 0.348 e. The van der Waals surface area contributed by atoms with Crippen molar-refractivity contribution in [1.29, 1.82) is 0 Å². The highest BCUT2D eigenvalue weighted by Gasteiger charge is 2.34. The van der Waals surface area contributed by atoms with E-state index in [0.717, 1.165) is 19.2 Å². The number of aromatic nitrogens is 2. The molecule has 19 heavy (non-hydrogen) atoms. The van der Waals surface area contributed by atoms with Crippen LogP contribution in [-0.4, -0.2) is 33.4 Å². The minimum Gasteiger partial charge on any atom is -0.368 e. The van der Waals surface area contributed by atoms with Crippen molar-refractivity contribution >= 4 is 29.0 Å². The lowest BCUT2D eigenvalue weighted by atomic mass is 10.0. The molecule has 8 nitrogen and oxygen atoms in total. The first-order valence-electron chi connectivity index (χ1n) is 5.73. The van der Waals surface area contributed by atoms with E-state index in [1.807, 2.05) is 0 Å². The third-order valence-electron chi connectivity index (χ3n) is 3.04. The SMILES string of the molecule is NC(=O)C1CCCCN1c1ncnc(Cl)c1[N+](=O)[O-]. The summed E-state index contributed by atoms with van der Waals surface area (Å²) in [5.74, 6) is -0.475. The molecule has 0 bridgehead atoms. The van der Waals surface area contributed by atoms with E-state index in [9.17, 15) is 14.9 Å². The molecule has 1 aromatic rings. The number of piperidine rings is 1. The number of carbonyl (C=O) groups is 1. The molecular weight excluding hydrogens is 274 g/mol. The van der Waals surface area contributed by atoms with Crippen molar-refractivity contribution in [2.45, 2.75) is 25.3 Å². The van der Waals surface area contributed by atoms with Crippen molar-refractivity contribution in [2.75, 3.05) is 11.4 Å². The number of rotatable bonds is 3. The zero-order valence-corrected chi connectivity index (χ0v) is 10.7. The largest absolute Gasteiger partial charge is 0.368 e. The summed E-state index contributed by atoms with van der Waals surface area (Å²) < 4.78 is 0. The fourth-order valence-corrected chi connectivity index (χ4v) is 2.39. The minimum absolute atomic E-state index is 0.0495. The van der Waals surface area contributed by atoms with Gasteiger partial charge in [-0.25, -0.2) is 9.97 Å². The van der Waals surface area contributed by atoms with Crippen molar-refractivity contribution in [1.82, 2.24) is 9.97 Å². The van der Waals surface area contributed by atoms with Crippen molar-refractivity contribution in [3.8, 4) is 0 Å². The second-order valence-corrected chi connectivity index (χ2v) is 4.56. The van der Waals surface area contributed by atoms with E-state index in [4.69, 9.17) is 17.3 Å². The molecule has 1 amide bonds. The zero-order chi connectivity index (χ0) is 14.0. The number of halogens is 1. The van der Waals surface area contributed by atoms with Gasteiger partial charge in [0.1, 0.15) is 12.4 Å². The second-order valence-electron chi connectivity index (χ2n) is 4.20. The molecule has 1 saturated heterocycles. The molecule has 1 aliphatic rings. The number of nitrogens with zero attached hydrogens (tertiary/aromatic N) is 4. The number of nitrogens with two attached hydrogens (primary N) is 1. The molecule has 1 aliphatic heterocycles. The molecule has 1 fully saturated rings. The molecule has 2 rings (SSSR count). The Kier molecular flexibility index (Phi) is 3.79. The maximum absolute atomic E-state index is 11.4. The Morgan fingerprint density at radius 3 is 2.89 bits per heavy atom. The zero-order valence-electron chi connectivity index (χ0n) is 9.95. The molecule has 0 aliphatic carbocycles. The van der Waals surface area contributed by atoms with E-state index in [1.54, 1.807) is 0 Å². The van der Waals surface area contributed by atoms with Crippen LogP contribution >= 0.6 is 11.6 Å². The van der Waals surface area contributed by atoms with Crippen molar-refractivity contribution in [3.05, 3.63) is 21.6 Å². The van der Waals surface area contributed by atoms with Gasteiger partial charge in [0.05, 0.1) is 4.92 Å². The molecule has 102 valence electrons. The van der Waals surface area contributed by atoms with E-state index in [1.165, 1.54) is 4.90 Å². The van der Waals surface area contributed by atoms with E-state index < -0.39 is 22.6 Å². The van der Waals surface area contributed by atoms with Crippen LogP contribution < -0.4 is 10.6 Å². The molecule has 0 radical (unpaired) electrons. The number of hydrogen-bond donors (Lipinski definition) is 1. The Morgan fingerprint density at radius 2 is 2.26 bits per heavy atom. The average Bonchev–Trinajstić information content (AvgIpc) is 2.37. The van der Waals surface area contributed by atoms with Gasteiger partial charge in [0.2, 0.25) is 16.9 Å². The van der Waals surface area contributed by atoms with Crippen LogP contribution in [0.25, 0.3) is 0 Å². The normalized spacial score (nSPS) is 19.2. The number of amides is 1. The molecular formula is C10H12ClN5O3. The molecule has 1 atom stereocenters. The lowest BCUT2D eigenvalue weighted by Gasteiger charge is -2.33. The quantitative estimate of drug-likeness (QED) is 0.501. The highest BCUT2D eigenvalue weighted by Crippen LogP contribution is 2.34. The molecule has 1 aromatic heterocycles. The average molecular weight is 286 g/mol. The van der Waals surface area contributed by atoms with Gasteiger partial charge in [-0.05, 0) is 19.3 Å². The molecule has 0 aromatic carbocycles. The summed E-state index contributed by atoms with van der Waals surface area (Å²) in [6.45, 7) is 0.474. The van der Waals surface area contributed by atoms with Gasteiger partial charge in [-0.3, -0.25) is 14.9 Å². The van der Waals surface area contributed by atoms with Crippen LogP contribution in [0.3, 0.4) is 0 Å². The highest BCUT2D eigenvalue weighted by molar-refractivity contribution is 6.31. The van der Waals surface area contributed by atoms with Crippen LogP contribution in [0.4, 0.5) is 11.5 Å². The van der Waals surface area contributed by atoms with Crippen LogP contribution in [0.1, 0.15) is 19.3 Å². The van der Waals surface area contributed by atoms with Crippen LogP contribution in [-0.2, 0) is 4.79 Å². The number of hydrogen-bond acceptors (Lipinski definition) is 6. The minimum atomic E-state index is -0.648. The van der Waals surface area contributed by atoms with Crippen molar-refractivity contribution in [2.24, 2.45) is 5.73 Å². The lowest BCUT2D eigenvalue weighted by molar-refractivity contribution is -0.384. The maximum atomic E-state index is 11.4. The third kappa shape index (κ3) is 2.58. The van der Waals surface area contributed by atoms with Gasteiger partial charge in [-0.1, -0.05) is 11.6 Å². The van der Waals surface area contributed by atoms with Gasteiger partial charge >= 0.3 is 5.69 Å². The first-order chi connectivity index (χ1) is 9.02. The Balaban J connectivity index is 2.47. The standard InChI is InChI=1S/C10H12ClN5O3/c11-8-7(16(18)19)10(14-5-13-8)15-4-2-1-3-6(15)9(12)17/h5-6H,1-4H2,(H2,12,17). The van der Waals surface area contributed by atoms with Crippen molar-refractivity contribution < 1.29 is 9.72 Å². The molecule has 0 saturated carbocycles. The maximum Gasteiger partial charge on any atom is 0.348 e. The Hall–Kier alpha value is -1.96. The summed E-state index contributed by atoms with van der Waals surface area (Å²) in [6, 6.07) is -0.599. The third-order valence-corrected chi connectivity index (χ3v) is 3.32. The van der Waals surface area contributed by atoms with Crippen molar-refractivity contribution in [3.63, 3.8) is 0 Å². The fourth-order valence-electron chi connectivity index (χ4n) is 2.20. The molecule has 9 heteroatoms. The molecule has 2 heterocycles. The lowest BCUT2D eigenvalue weighted by Crippen LogP contribution is -2.48. The summed E-state index contributed by atoms with van der Waals surface area (Å²) in [5, 5.41) is 10.8. The summed E-state index contributed by atoms with van der Waals surface area (Å²) >= 11 is 5.74. The van der Waals surface area contributed by atoms with Gasteiger partial charge in [0.15, 0.2) is 0 Å². The Bertz CT molecular complexity index is 524. The van der Waals surface area contributed by atoms with Crippen LogP contribution in [0.2, 0.25) is 5.15 Å². The van der Waals surface area contributed by atoms with Crippen LogP contribution in [0, 0.1) is 10.1 Å². The number of nitro groups is 1. The van der Waals surface area contributed by atoms with E-state index in [-0.39, 0.29) is 11.0 Å². The van der Waals surface area contributed by atoms with Gasteiger partial charge in [0, 0.05) is 6.54 Å². The van der Waals surface area contributed by atoms with E-state index in [2.05, 4.69) is 9.97 Å². The van der Waals surface area contributed by atoms with E-state index >= 15 is 0 Å². The van der Waals surface area contributed by atoms with E-state index in [0.29, 0.717) is 13.0 Å². The van der Waals surface area contributed by atoms with Crippen LogP contribution in [0.5, 0.6) is 0 Å². The highest BCUT2D eigenvalue weighted by atomic mass is 35.5. The number of primary amides is 1. The first-order valence-corrected chi connectivity index (χ1v) is 6.11. The van der Waals surface area contributed by atoms with Gasteiger partial charge in [-0.15, -0.1) is 0 Å². The summed E-state index contributed by atoms with van der Waals surface area (Å²) in [5.41, 5.74) is 4.94. The predicted molar refractivity (Wildman–Crippen MR) is 67.9 cm³/mol. The fraction of sp³-hybridized carbons (Fsp3) is 0.500. The topological polar surface area (TPSA) is 115 Å². The van der Waals surface area contributed by atoms with Gasteiger partial charge < -0.3 is 10.6 Å².